The van der Waals surface area contributed by atoms with Crippen molar-refractivity contribution in [2.45, 2.75) is 20.8 Å². The van der Waals surface area contributed by atoms with Crippen LogP contribution in [0.2, 0.25) is 0 Å². The lowest BCUT2D eigenvalue weighted by atomic mass is 9.96. The van der Waals surface area contributed by atoms with Gasteiger partial charge in [-0.05, 0) is 23.8 Å². The molecule has 24 heavy (non-hydrogen) atoms. The topological polar surface area (TPSA) is 80.2 Å². The maximum atomic E-state index is 12.3. The summed E-state index contributed by atoms with van der Waals surface area (Å²) in [6.07, 6.45) is 1.65. The maximum absolute atomic E-state index is 12.3. The van der Waals surface area contributed by atoms with Crippen molar-refractivity contribution in [3.8, 4) is 11.5 Å². The number of nitrogens with one attached hydrogen (secondary N) is 1. The molecule has 0 atom stereocenters. The second-order valence-corrected chi connectivity index (χ2v) is 6.65. The molecule has 0 saturated heterocycles. The van der Waals surface area contributed by atoms with Gasteiger partial charge in [-0.2, -0.15) is 0 Å². The Balaban J connectivity index is 1.85. The number of amides is 2. The molecule has 3 rings (SSSR count). The van der Waals surface area contributed by atoms with E-state index in [0.29, 0.717) is 11.5 Å². The number of aliphatic imine (C=N–C) groups is 1. The summed E-state index contributed by atoms with van der Waals surface area (Å²) in [4.78, 5) is 30.0. The van der Waals surface area contributed by atoms with Crippen LogP contribution in [0.25, 0.3) is 6.08 Å². The molecule has 7 nitrogen and oxygen atoms in total. The lowest BCUT2D eigenvalue weighted by molar-refractivity contribution is -0.127. The van der Waals surface area contributed by atoms with Crippen LogP contribution in [-0.4, -0.2) is 36.5 Å². The molecule has 1 aromatic rings. The molecule has 1 aromatic carbocycles. The first-order chi connectivity index (χ1) is 11.3. The van der Waals surface area contributed by atoms with E-state index in [9.17, 15) is 9.59 Å². The second kappa shape index (κ2) is 5.67. The Morgan fingerprint density at radius 1 is 1.29 bits per heavy atom. The summed E-state index contributed by atoms with van der Waals surface area (Å²) in [5.41, 5.74) is 0.444. The van der Waals surface area contributed by atoms with Gasteiger partial charge < -0.3 is 9.47 Å². The zero-order valence-electron chi connectivity index (χ0n) is 14.0. The van der Waals surface area contributed by atoms with Crippen molar-refractivity contribution in [1.29, 1.82) is 0 Å². The number of guanidine groups is 1. The van der Waals surface area contributed by atoms with Crippen molar-refractivity contribution < 1.29 is 19.1 Å². The summed E-state index contributed by atoms with van der Waals surface area (Å²) in [5.74, 6) is 1.05. The Kier molecular flexibility index (Phi) is 3.79. The molecule has 7 heteroatoms. The van der Waals surface area contributed by atoms with Gasteiger partial charge in [-0.3, -0.25) is 19.8 Å². The largest absolute Gasteiger partial charge is 0.454 e. The molecule has 0 aliphatic carbocycles. The average molecular weight is 329 g/mol. The van der Waals surface area contributed by atoms with Crippen molar-refractivity contribution in [2.24, 2.45) is 10.4 Å². The SMILES string of the molecule is CN1C(=O)C(=Cc2ccc3c(c2)OCO3)N=C1NC(=O)C(C)(C)C. The molecule has 2 aliphatic heterocycles. The number of hydrogen-bond acceptors (Lipinski definition) is 5. The van der Waals surface area contributed by atoms with Gasteiger partial charge in [0.1, 0.15) is 5.70 Å². The number of ether oxygens (including phenoxy) is 2. The van der Waals surface area contributed by atoms with E-state index in [2.05, 4.69) is 10.3 Å². The van der Waals surface area contributed by atoms with E-state index in [1.54, 1.807) is 46.0 Å². The van der Waals surface area contributed by atoms with Crippen LogP contribution in [0.4, 0.5) is 0 Å². The number of benzene rings is 1. The highest BCUT2D eigenvalue weighted by Gasteiger charge is 2.31. The third kappa shape index (κ3) is 2.97. The average Bonchev–Trinajstić information content (AvgIpc) is 3.07. The Morgan fingerprint density at radius 2 is 2.00 bits per heavy atom. The van der Waals surface area contributed by atoms with Crippen LogP contribution in [0.15, 0.2) is 28.9 Å². The molecular formula is C17H19N3O4. The minimum atomic E-state index is -0.573. The fourth-order valence-corrected chi connectivity index (χ4v) is 2.16. The zero-order chi connectivity index (χ0) is 17.5. The molecule has 1 N–H and O–H groups in total. The van der Waals surface area contributed by atoms with Gasteiger partial charge in [0.05, 0.1) is 0 Å². The third-order valence-corrected chi connectivity index (χ3v) is 3.67. The molecule has 0 unspecified atom stereocenters. The summed E-state index contributed by atoms with van der Waals surface area (Å²) >= 11 is 0. The number of carbonyl (C=O) groups is 2. The zero-order valence-corrected chi connectivity index (χ0v) is 14.0. The van der Waals surface area contributed by atoms with Crippen molar-refractivity contribution in [2.75, 3.05) is 13.8 Å². The molecule has 2 aliphatic rings. The summed E-state index contributed by atoms with van der Waals surface area (Å²) < 4.78 is 10.6. The van der Waals surface area contributed by atoms with Crippen molar-refractivity contribution >= 4 is 23.8 Å². The van der Waals surface area contributed by atoms with Gasteiger partial charge in [0.15, 0.2) is 11.5 Å². The Morgan fingerprint density at radius 3 is 2.71 bits per heavy atom. The van der Waals surface area contributed by atoms with Crippen LogP contribution in [-0.2, 0) is 9.59 Å². The highest BCUT2D eigenvalue weighted by atomic mass is 16.7. The van der Waals surface area contributed by atoms with Crippen molar-refractivity contribution in [1.82, 2.24) is 10.2 Å². The van der Waals surface area contributed by atoms with Gasteiger partial charge in [0, 0.05) is 12.5 Å². The summed E-state index contributed by atoms with van der Waals surface area (Å²) in [7, 11) is 1.57. The first-order valence-corrected chi connectivity index (χ1v) is 7.55. The van der Waals surface area contributed by atoms with E-state index in [1.165, 1.54) is 4.90 Å². The Labute approximate surface area is 139 Å². The number of nitrogens with zero attached hydrogens (tertiary/aromatic N) is 2. The van der Waals surface area contributed by atoms with Crippen LogP contribution >= 0.6 is 0 Å². The van der Waals surface area contributed by atoms with Gasteiger partial charge in [0.25, 0.3) is 5.91 Å². The van der Waals surface area contributed by atoms with E-state index in [-0.39, 0.29) is 30.3 Å². The standard InChI is InChI=1S/C17H19N3O4/c1-17(2,3)15(22)19-16-18-11(14(21)20(16)4)7-10-5-6-12-13(8-10)24-9-23-12/h5-8H,9H2,1-4H3,(H,18,19,22). The van der Waals surface area contributed by atoms with Crippen LogP contribution in [0.1, 0.15) is 26.3 Å². The lowest BCUT2D eigenvalue weighted by Gasteiger charge is -2.19. The van der Waals surface area contributed by atoms with Crippen LogP contribution in [0.3, 0.4) is 0 Å². The number of fused-ring (bicyclic) bond motifs is 1. The maximum Gasteiger partial charge on any atom is 0.279 e. The predicted molar refractivity (Wildman–Crippen MR) is 88.3 cm³/mol. The smallest absolute Gasteiger partial charge is 0.279 e. The highest BCUT2D eigenvalue weighted by molar-refractivity contribution is 6.16. The normalized spacial score (nSPS) is 18.2. The number of hydrogen-bond donors (Lipinski definition) is 1. The fraction of sp³-hybridized carbons (Fsp3) is 0.353. The molecule has 0 saturated carbocycles. The second-order valence-electron chi connectivity index (χ2n) is 6.65. The first kappa shape index (κ1) is 16.0. The molecule has 0 bridgehead atoms. The van der Waals surface area contributed by atoms with Crippen LogP contribution < -0.4 is 14.8 Å². The van der Waals surface area contributed by atoms with Crippen LogP contribution in [0, 0.1) is 5.41 Å². The van der Waals surface area contributed by atoms with E-state index in [0.717, 1.165) is 5.56 Å². The molecule has 0 radical (unpaired) electrons. The summed E-state index contributed by atoms with van der Waals surface area (Å²) in [6.45, 7) is 5.58. The quantitative estimate of drug-likeness (QED) is 0.796. The van der Waals surface area contributed by atoms with Gasteiger partial charge in [-0.1, -0.05) is 26.8 Å². The number of carbonyl (C=O) groups excluding carboxylic acids is 2. The molecule has 2 amide bonds. The monoisotopic (exact) mass is 329 g/mol. The molecule has 0 aromatic heterocycles. The van der Waals surface area contributed by atoms with E-state index in [4.69, 9.17) is 9.47 Å². The predicted octanol–water partition coefficient (Wildman–Crippen LogP) is 1.75. The lowest BCUT2D eigenvalue weighted by Crippen LogP contribution is -2.45. The number of likely N-dealkylation sites (N-methyl/N-ethyl adjacent to an activating group) is 1. The van der Waals surface area contributed by atoms with Crippen molar-refractivity contribution in [3.63, 3.8) is 0 Å². The van der Waals surface area contributed by atoms with E-state index in [1.807, 2.05) is 6.07 Å². The molecule has 126 valence electrons. The van der Waals surface area contributed by atoms with Crippen molar-refractivity contribution in [3.05, 3.63) is 29.5 Å². The minimum absolute atomic E-state index is 0.193. The van der Waals surface area contributed by atoms with Gasteiger partial charge in [0.2, 0.25) is 18.7 Å². The van der Waals surface area contributed by atoms with E-state index < -0.39 is 5.41 Å². The minimum Gasteiger partial charge on any atom is -0.454 e. The Bertz CT molecular complexity index is 775. The fourth-order valence-electron chi connectivity index (χ4n) is 2.16. The summed E-state index contributed by atoms with van der Waals surface area (Å²) in [6, 6.07) is 5.38. The first-order valence-electron chi connectivity index (χ1n) is 7.55. The molecular weight excluding hydrogens is 310 g/mol. The molecule has 0 fully saturated rings. The summed E-state index contributed by atoms with van der Waals surface area (Å²) in [5, 5.41) is 2.69. The van der Waals surface area contributed by atoms with Gasteiger partial charge >= 0.3 is 0 Å². The van der Waals surface area contributed by atoms with E-state index >= 15 is 0 Å². The van der Waals surface area contributed by atoms with Crippen LogP contribution in [0.5, 0.6) is 11.5 Å². The van der Waals surface area contributed by atoms with Gasteiger partial charge in [-0.15, -0.1) is 0 Å². The molecule has 2 heterocycles. The molecule has 0 spiro atoms. The highest BCUT2D eigenvalue weighted by Crippen LogP contribution is 2.33. The third-order valence-electron chi connectivity index (χ3n) is 3.67. The van der Waals surface area contributed by atoms with Gasteiger partial charge in [-0.25, -0.2) is 4.99 Å². The number of rotatable bonds is 1. The Hall–Kier alpha value is -2.83.